The van der Waals surface area contributed by atoms with Gasteiger partial charge in [-0.05, 0) is 0 Å². The molecule has 8 rings (SSSR count). The summed E-state index contributed by atoms with van der Waals surface area (Å²) in [6.07, 6.45) is 11.3. The van der Waals surface area contributed by atoms with Crippen LogP contribution >= 0.6 is 15.9 Å². The van der Waals surface area contributed by atoms with E-state index in [9.17, 15) is 10.2 Å². The van der Waals surface area contributed by atoms with Crippen LogP contribution in [0.1, 0.15) is 113 Å². The third-order valence-electron chi connectivity index (χ3n) is 11.1. The summed E-state index contributed by atoms with van der Waals surface area (Å²) in [6.45, 7) is 20.9. The molecule has 0 amide bonds. The average Bonchev–Trinajstić information content (AvgIpc) is 3.97. The maximum Gasteiger partial charge on any atom is -0.0866 e. The zero-order valence-corrected chi connectivity index (χ0v) is 39.0. The van der Waals surface area contributed by atoms with Gasteiger partial charge in [-0.15, -0.1) is 24.3 Å². The van der Waals surface area contributed by atoms with E-state index in [1.807, 2.05) is 84.9 Å². The van der Waals surface area contributed by atoms with Crippen LogP contribution in [0.3, 0.4) is 0 Å². The molecule has 1 saturated carbocycles. The summed E-state index contributed by atoms with van der Waals surface area (Å²) in [5.41, 5.74) is 8.36. The van der Waals surface area contributed by atoms with E-state index in [1.54, 1.807) is 12.5 Å². The predicted octanol–water partition coefficient (Wildman–Crippen LogP) is 15.2. The van der Waals surface area contributed by atoms with Crippen LogP contribution in [0.25, 0.3) is 22.6 Å². The third kappa shape index (κ3) is 11.9. The van der Waals surface area contributed by atoms with Crippen molar-refractivity contribution in [3.8, 4) is 34.1 Å². The summed E-state index contributed by atoms with van der Waals surface area (Å²) in [5.74, 6) is 4.17. The van der Waals surface area contributed by atoms with E-state index >= 15 is 0 Å². The number of furan rings is 2. The van der Waals surface area contributed by atoms with Gasteiger partial charge in [-0.2, -0.15) is 49.2 Å². The summed E-state index contributed by atoms with van der Waals surface area (Å²) in [7, 11) is 0.530. The van der Waals surface area contributed by atoms with Gasteiger partial charge in [-0.1, -0.05) is 12.1 Å². The van der Waals surface area contributed by atoms with Crippen molar-refractivity contribution < 1.29 is 34.5 Å². The van der Waals surface area contributed by atoms with Crippen molar-refractivity contribution in [2.75, 3.05) is 0 Å². The number of phenols is 2. The molecular weight excluding hydrogens is 801 g/mol. The Morgan fingerprint density at radius 1 is 0.559 bits per heavy atom. The van der Waals surface area contributed by atoms with Crippen molar-refractivity contribution in [3.05, 3.63) is 169 Å². The number of phenolic OH excluding ortho intramolecular Hbond substituents is 2. The number of hydrogen-bond acceptors (Lipinski definition) is 4. The first-order valence-corrected chi connectivity index (χ1v) is 27.6. The predicted molar refractivity (Wildman–Crippen MR) is 249 cm³/mol. The summed E-state index contributed by atoms with van der Waals surface area (Å²) in [6, 6.07) is 36.3. The normalized spacial score (nSPS) is 19.0. The zero-order chi connectivity index (χ0) is 42.2. The first-order chi connectivity index (χ1) is 28.2. The third-order valence-corrected chi connectivity index (χ3v) is 27.0. The molecule has 1 fully saturated rings. The van der Waals surface area contributed by atoms with Gasteiger partial charge in [-0.3, -0.25) is 0 Å². The summed E-state index contributed by atoms with van der Waals surface area (Å²) in [5, 5.41) is 24.8. The van der Waals surface area contributed by atoms with Gasteiger partial charge in [0.2, 0.25) is 0 Å². The molecule has 2 unspecified atom stereocenters. The molecular formula is C52H62O4S2Ti-2. The van der Waals surface area contributed by atoms with E-state index in [4.69, 9.17) is 8.83 Å². The van der Waals surface area contributed by atoms with E-state index in [-0.39, 0.29) is 42.2 Å². The van der Waals surface area contributed by atoms with Crippen LogP contribution in [-0.2, 0) is 37.8 Å². The Morgan fingerprint density at radius 3 is 1.25 bits per heavy atom. The van der Waals surface area contributed by atoms with E-state index < -0.39 is 0 Å². The van der Waals surface area contributed by atoms with E-state index in [0.717, 1.165) is 66.9 Å². The van der Waals surface area contributed by atoms with E-state index in [0.29, 0.717) is 11.5 Å². The van der Waals surface area contributed by atoms with Gasteiger partial charge in [0.1, 0.15) is 0 Å². The maximum absolute atomic E-state index is 11.7. The first-order valence-electron chi connectivity index (χ1n) is 20.9. The average molecular weight is 863 g/mol. The standard InChI is InChI=1S/C38H48O4S2.2C7H7.Ti/c1-37(2,3)27-19-25(35(39)29(21-27)31-13-11-17-41-31)23-43-33-15-9-7-8-10-16-34(33)44-24-26-20-28(38(4,5)6)22-30(36(26)40)32-14-12-18-42-32;2*1-7-5-3-2-4-6-7;/h11-14,17-22,33-34,39-40H,7-10,15-16,23-24H2,1-6H3;2*2-6H,1H2;/q;2*-1;/t33-,34?;;;/m0.../s1. The molecule has 0 saturated heterocycles. The molecule has 1 aliphatic carbocycles. The molecule has 0 bridgehead atoms. The Labute approximate surface area is 364 Å². The molecule has 0 spiro atoms. The smallest absolute Gasteiger partial charge is 0.0866 e. The Balaban J connectivity index is 0.000000351. The van der Waals surface area contributed by atoms with Gasteiger partial charge in [0, 0.05) is 0 Å². The molecule has 7 heteroatoms. The molecule has 1 aliphatic heterocycles. The van der Waals surface area contributed by atoms with Crippen molar-refractivity contribution in [2.45, 2.75) is 113 Å². The molecule has 59 heavy (non-hydrogen) atoms. The summed E-state index contributed by atoms with van der Waals surface area (Å²) < 4.78 is 11.6. The summed E-state index contributed by atoms with van der Waals surface area (Å²) >= 11 is -0.326. The van der Waals surface area contributed by atoms with Crippen LogP contribution in [0, 0.1) is 13.8 Å². The Hall–Kier alpha value is -3.81. The molecule has 4 atom stereocenters. The molecule has 4 aromatic carbocycles. The number of rotatable bonds is 6. The molecule has 6 aromatic rings. The fraction of sp³-hybridized carbons (Fsp3) is 0.346. The fourth-order valence-electron chi connectivity index (χ4n) is 7.61. The van der Waals surface area contributed by atoms with Crippen LogP contribution in [0.5, 0.6) is 11.5 Å². The second kappa shape index (κ2) is 20.2. The minimum Gasteiger partial charge on any atom is -0.199 e. The largest absolute Gasteiger partial charge is 0.199 e. The second-order valence-electron chi connectivity index (χ2n) is 17.8. The van der Waals surface area contributed by atoms with Crippen LogP contribution in [0.15, 0.2) is 131 Å². The second-order valence-corrected chi connectivity index (χ2v) is 29.2. The topological polar surface area (TPSA) is 66.7 Å². The minimum atomic E-state index is -0.326. The van der Waals surface area contributed by atoms with Crippen LogP contribution in [0.2, 0.25) is 0 Å². The Bertz CT molecular complexity index is 2160. The van der Waals surface area contributed by atoms with Crippen molar-refractivity contribution in [1.82, 2.24) is 0 Å². The molecule has 4 nitrogen and oxygen atoms in total. The number of benzene rings is 4. The molecule has 2 aliphatic rings. The fourth-order valence-corrected chi connectivity index (χ4v) is 28.4. The van der Waals surface area contributed by atoms with Gasteiger partial charge in [-0.25, -0.2) is 0 Å². The SMILES string of the molecule is CC(C)(C)c1cc(C[S]2=[Ti]=[S@@](Cc3cc(C(C)(C)C)cc(-c4ccco4)c3O)C3CCCCCC[C@@H]32)c(O)c(-c2ccco2)c1.[CH2-]c1ccccc1.[CH2-]c1ccccc1. The monoisotopic (exact) mass is 862 g/mol. The number of aromatic hydroxyl groups is 2. The molecule has 2 aromatic heterocycles. The summed E-state index contributed by atoms with van der Waals surface area (Å²) in [4.78, 5) is 0. The molecule has 312 valence electrons. The minimum absolute atomic E-state index is 0.0345. The van der Waals surface area contributed by atoms with Gasteiger partial charge < -0.3 is 0 Å². The van der Waals surface area contributed by atoms with Crippen molar-refractivity contribution in [1.29, 1.82) is 0 Å². The molecule has 3 heterocycles. The van der Waals surface area contributed by atoms with Gasteiger partial charge in [0.05, 0.1) is 0 Å². The molecule has 0 radical (unpaired) electrons. The van der Waals surface area contributed by atoms with Crippen LogP contribution in [0.4, 0.5) is 0 Å². The van der Waals surface area contributed by atoms with Crippen molar-refractivity contribution in [3.63, 3.8) is 0 Å². The first kappa shape index (κ1) is 44.7. The van der Waals surface area contributed by atoms with Crippen molar-refractivity contribution >= 4 is 15.9 Å². The van der Waals surface area contributed by atoms with E-state index in [1.165, 1.54) is 49.7 Å². The quantitative estimate of drug-likeness (QED) is 0.129. The van der Waals surface area contributed by atoms with Gasteiger partial charge >= 0.3 is 281 Å². The number of fused-ring (bicyclic) bond motifs is 1. The van der Waals surface area contributed by atoms with E-state index in [2.05, 4.69) is 79.7 Å². The number of hydrogen-bond donors (Lipinski definition) is 2. The van der Waals surface area contributed by atoms with Crippen LogP contribution in [-0.4, -0.2) is 20.7 Å². The maximum atomic E-state index is 11.7. The zero-order valence-electron chi connectivity index (χ0n) is 35.8. The Morgan fingerprint density at radius 2 is 0.949 bits per heavy atom. The van der Waals surface area contributed by atoms with Gasteiger partial charge in [0.25, 0.3) is 0 Å². The Kier molecular flexibility index (Phi) is 15.3. The molecule has 2 N–H and O–H groups in total. The van der Waals surface area contributed by atoms with Crippen molar-refractivity contribution in [2.24, 2.45) is 0 Å². The van der Waals surface area contributed by atoms with Gasteiger partial charge in [0.15, 0.2) is 0 Å². The van der Waals surface area contributed by atoms with Crippen LogP contribution < -0.4 is 0 Å².